The quantitative estimate of drug-likeness (QED) is 0.801. The standard InChI is InChI=1S/C18H23N5O/c1-12-5-4-6-13(9-12)15-11-21-17(19)16(23-15)18(24)22-14-7-2-3-8-20-10-14/h4-6,9,11,14,20H,2-3,7-8,10H2,1H3,(H2,19,21)(H,22,24). The highest BCUT2D eigenvalue weighted by Crippen LogP contribution is 2.19. The predicted octanol–water partition coefficient (Wildman–Crippen LogP) is 1.91. The van der Waals surface area contributed by atoms with Crippen LogP contribution in [-0.2, 0) is 0 Å². The van der Waals surface area contributed by atoms with Gasteiger partial charge in [-0.25, -0.2) is 9.97 Å². The third kappa shape index (κ3) is 3.89. The lowest BCUT2D eigenvalue weighted by atomic mass is 10.1. The molecule has 1 unspecified atom stereocenters. The molecule has 4 N–H and O–H groups in total. The number of carbonyl (C=O) groups excluding carboxylic acids is 1. The van der Waals surface area contributed by atoms with Crippen LogP contribution in [0.15, 0.2) is 30.5 Å². The van der Waals surface area contributed by atoms with Gasteiger partial charge in [-0.2, -0.15) is 0 Å². The minimum absolute atomic E-state index is 0.101. The highest BCUT2D eigenvalue weighted by molar-refractivity contribution is 5.97. The van der Waals surface area contributed by atoms with Crippen LogP contribution in [0.3, 0.4) is 0 Å². The van der Waals surface area contributed by atoms with Crippen molar-refractivity contribution in [3.05, 3.63) is 41.7 Å². The maximum absolute atomic E-state index is 12.6. The minimum Gasteiger partial charge on any atom is -0.382 e. The third-order valence-corrected chi connectivity index (χ3v) is 4.21. The molecule has 2 aromatic rings. The first-order valence-electron chi connectivity index (χ1n) is 8.34. The Morgan fingerprint density at radius 2 is 2.25 bits per heavy atom. The minimum atomic E-state index is -0.261. The number of rotatable bonds is 3. The van der Waals surface area contributed by atoms with Gasteiger partial charge in [-0.05, 0) is 32.4 Å². The fraction of sp³-hybridized carbons (Fsp3) is 0.389. The number of hydrogen-bond acceptors (Lipinski definition) is 5. The summed E-state index contributed by atoms with van der Waals surface area (Å²) < 4.78 is 0. The van der Waals surface area contributed by atoms with E-state index in [1.807, 2.05) is 31.2 Å². The zero-order valence-electron chi connectivity index (χ0n) is 13.9. The number of benzene rings is 1. The number of nitrogens with zero attached hydrogens (tertiary/aromatic N) is 2. The second-order valence-electron chi connectivity index (χ2n) is 6.23. The smallest absolute Gasteiger partial charge is 0.274 e. The average molecular weight is 325 g/mol. The molecule has 0 spiro atoms. The van der Waals surface area contributed by atoms with Crippen LogP contribution < -0.4 is 16.4 Å². The van der Waals surface area contributed by atoms with E-state index in [0.717, 1.165) is 43.5 Å². The fourth-order valence-electron chi connectivity index (χ4n) is 2.91. The van der Waals surface area contributed by atoms with Gasteiger partial charge in [0.2, 0.25) is 0 Å². The summed E-state index contributed by atoms with van der Waals surface area (Å²) in [6.07, 6.45) is 4.80. The summed E-state index contributed by atoms with van der Waals surface area (Å²) >= 11 is 0. The summed E-state index contributed by atoms with van der Waals surface area (Å²) in [5.74, 6) is -0.103. The Labute approximate surface area is 141 Å². The number of aryl methyl sites for hydroxylation is 1. The van der Waals surface area contributed by atoms with Gasteiger partial charge in [-0.3, -0.25) is 4.79 Å². The van der Waals surface area contributed by atoms with E-state index in [1.165, 1.54) is 0 Å². The summed E-state index contributed by atoms with van der Waals surface area (Å²) in [5, 5.41) is 6.35. The van der Waals surface area contributed by atoms with E-state index in [2.05, 4.69) is 20.6 Å². The second-order valence-corrected chi connectivity index (χ2v) is 6.23. The van der Waals surface area contributed by atoms with Crippen molar-refractivity contribution < 1.29 is 4.79 Å². The Hall–Kier alpha value is -2.47. The molecule has 0 radical (unpaired) electrons. The van der Waals surface area contributed by atoms with Crippen molar-refractivity contribution in [3.8, 4) is 11.3 Å². The van der Waals surface area contributed by atoms with Crippen LogP contribution in [0.5, 0.6) is 0 Å². The lowest BCUT2D eigenvalue weighted by Crippen LogP contribution is -2.41. The molecule has 1 saturated heterocycles. The van der Waals surface area contributed by atoms with Crippen LogP contribution in [-0.4, -0.2) is 35.0 Å². The van der Waals surface area contributed by atoms with Gasteiger partial charge in [-0.15, -0.1) is 0 Å². The van der Waals surface area contributed by atoms with Crippen molar-refractivity contribution in [1.82, 2.24) is 20.6 Å². The molecule has 24 heavy (non-hydrogen) atoms. The zero-order chi connectivity index (χ0) is 16.9. The Bertz CT molecular complexity index is 723. The molecular formula is C18H23N5O. The van der Waals surface area contributed by atoms with E-state index in [-0.39, 0.29) is 23.5 Å². The molecule has 1 aromatic carbocycles. The van der Waals surface area contributed by atoms with Gasteiger partial charge < -0.3 is 16.4 Å². The molecule has 6 heteroatoms. The number of nitrogens with two attached hydrogens (primary N) is 1. The number of hydrogen-bond donors (Lipinski definition) is 3. The summed E-state index contributed by atoms with van der Waals surface area (Å²) in [5.41, 5.74) is 8.78. The van der Waals surface area contributed by atoms with Crippen molar-refractivity contribution in [1.29, 1.82) is 0 Å². The molecule has 1 atom stereocenters. The molecule has 1 aromatic heterocycles. The number of aromatic nitrogens is 2. The number of nitrogen functional groups attached to an aromatic ring is 1. The largest absolute Gasteiger partial charge is 0.382 e. The Morgan fingerprint density at radius 3 is 3.08 bits per heavy atom. The van der Waals surface area contributed by atoms with E-state index in [9.17, 15) is 4.79 Å². The van der Waals surface area contributed by atoms with Crippen LogP contribution in [0.2, 0.25) is 0 Å². The molecular weight excluding hydrogens is 302 g/mol. The van der Waals surface area contributed by atoms with Crippen LogP contribution in [0.1, 0.15) is 35.3 Å². The molecule has 0 bridgehead atoms. The third-order valence-electron chi connectivity index (χ3n) is 4.21. The number of anilines is 1. The lowest BCUT2D eigenvalue weighted by Gasteiger charge is -2.16. The normalized spacial score (nSPS) is 18.0. The summed E-state index contributed by atoms with van der Waals surface area (Å²) in [6, 6.07) is 8.03. The van der Waals surface area contributed by atoms with E-state index >= 15 is 0 Å². The molecule has 3 rings (SSSR count). The first-order valence-corrected chi connectivity index (χ1v) is 8.34. The molecule has 0 saturated carbocycles. The number of amides is 1. The number of nitrogens with one attached hydrogen (secondary N) is 2. The van der Waals surface area contributed by atoms with Gasteiger partial charge in [0.25, 0.3) is 5.91 Å². The molecule has 0 aliphatic carbocycles. The zero-order valence-corrected chi connectivity index (χ0v) is 13.9. The average Bonchev–Trinajstić information content (AvgIpc) is 2.84. The summed E-state index contributed by atoms with van der Waals surface area (Å²) in [4.78, 5) is 21.2. The predicted molar refractivity (Wildman–Crippen MR) is 94.6 cm³/mol. The van der Waals surface area contributed by atoms with Gasteiger partial charge in [-0.1, -0.05) is 30.2 Å². The van der Waals surface area contributed by atoms with Crippen LogP contribution in [0, 0.1) is 6.92 Å². The Morgan fingerprint density at radius 1 is 1.38 bits per heavy atom. The van der Waals surface area contributed by atoms with Crippen molar-refractivity contribution >= 4 is 11.7 Å². The van der Waals surface area contributed by atoms with E-state index in [0.29, 0.717) is 5.69 Å². The first kappa shape index (κ1) is 16.4. The fourth-order valence-corrected chi connectivity index (χ4v) is 2.91. The maximum atomic E-state index is 12.6. The highest BCUT2D eigenvalue weighted by atomic mass is 16.2. The first-order chi connectivity index (χ1) is 11.6. The Balaban J connectivity index is 1.81. The van der Waals surface area contributed by atoms with Crippen LogP contribution >= 0.6 is 0 Å². The molecule has 1 fully saturated rings. The highest BCUT2D eigenvalue weighted by Gasteiger charge is 2.19. The second kappa shape index (κ2) is 7.40. The molecule has 6 nitrogen and oxygen atoms in total. The molecule has 1 aliphatic rings. The van der Waals surface area contributed by atoms with Crippen LogP contribution in [0.4, 0.5) is 5.82 Å². The van der Waals surface area contributed by atoms with E-state index < -0.39 is 0 Å². The molecule has 1 aliphatic heterocycles. The van der Waals surface area contributed by atoms with Crippen molar-refractivity contribution in [2.75, 3.05) is 18.8 Å². The molecule has 126 valence electrons. The van der Waals surface area contributed by atoms with Gasteiger partial charge in [0.05, 0.1) is 11.9 Å². The molecule has 2 heterocycles. The van der Waals surface area contributed by atoms with Crippen molar-refractivity contribution in [3.63, 3.8) is 0 Å². The van der Waals surface area contributed by atoms with Gasteiger partial charge >= 0.3 is 0 Å². The van der Waals surface area contributed by atoms with Gasteiger partial charge in [0.15, 0.2) is 11.5 Å². The number of carbonyl (C=O) groups is 1. The van der Waals surface area contributed by atoms with E-state index in [1.54, 1.807) is 6.20 Å². The summed E-state index contributed by atoms with van der Waals surface area (Å²) in [7, 11) is 0. The van der Waals surface area contributed by atoms with Gasteiger partial charge in [0, 0.05) is 18.2 Å². The van der Waals surface area contributed by atoms with Crippen molar-refractivity contribution in [2.45, 2.75) is 32.2 Å². The lowest BCUT2D eigenvalue weighted by molar-refractivity contribution is 0.0931. The van der Waals surface area contributed by atoms with E-state index in [4.69, 9.17) is 5.73 Å². The van der Waals surface area contributed by atoms with Crippen molar-refractivity contribution in [2.24, 2.45) is 0 Å². The summed E-state index contributed by atoms with van der Waals surface area (Å²) in [6.45, 7) is 3.79. The maximum Gasteiger partial charge on any atom is 0.274 e. The Kier molecular flexibility index (Phi) is 5.05. The SMILES string of the molecule is Cc1cccc(-c2cnc(N)c(C(=O)NC3CCCCNC3)n2)c1. The van der Waals surface area contributed by atoms with Crippen LogP contribution in [0.25, 0.3) is 11.3 Å². The topological polar surface area (TPSA) is 92.9 Å². The van der Waals surface area contributed by atoms with Gasteiger partial charge in [0.1, 0.15) is 0 Å². The monoisotopic (exact) mass is 325 g/mol. The molecule has 1 amide bonds.